The first-order valence-corrected chi connectivity index (χ1v) is 7.23. The monoisotopic (exact) mass is 285 g/mol. The Morgan fingerprint density at radius 3 is 2.45 bits per heavy atom. The fourth-order valence-electron chi connectivity index (χ4n) is 1.99. The Labute approximate surface area is 121 Å². The van der Waals surface area contributed by atoms with E-state index in [-0.39, 0.29) is 12.0 Å². The third kappa shape index (κ3) is 5.77. The summed E-state index contributed by atoms with van der Waals surface area (Å²) in [5, 5.41) is 4.27. The highest BCUT2D eigenvalue weighted by molar-refractivity contribution is 5.83. The first kappa shape index (κ1) is 16.8. The van der Waals surface area contributed by atoms with E-state index in [9.17, 15) is 9.59 Å². The number of nitrogens with zero attached hydrogens (tertiary/aromatic N) is 1. The average Bonchev–Trinajstić information content (AvgIpc) is 2.78. The van der Waals surface area contributed by atoms with Crippen LogP contribution in [0.1, 0.15) is 47.5 Å². The van der Waals surface area contributed by atoms with Gasteiger partial charge in [0.1, 0.15) is 11.6 Å². The molecule has 0 aromatic carbocycles. The van der Waals surface area contributed by atoms with Gasteiger partial charge in [-0.25, -0.2) is 15.0 Å². The second-order valence-electron chi connectivity index (χ2n) is 6.58. The third-order valence-electron chi connectivity index (χ3n) is 2.80. The van der Waals surface area contributed by atoms with E-state index in [4.69, 9.17) is 4.74 Å². The number of rotatable bonds is 4. The highest BCUT2D eigenvalue weighted by Crippen LogP contribution is 2.13. The average molecular weight is 285 g/mol. The maximum Gasteiger partial charge on any atom is 0.332 e. The molecule has 1 rings (SSSR count). The SMILES string of the molecule is CC(C)C[C@H](NC(=O)N1CCCN1)C(=O)OC(C)(C)C. The molecule has 116 valence electrons. The zero-order valence-corrected chi connectivity index (χ0v) is 13.2. The summed E-state index contributed by atoms with van der Waals surface area (Å²) < 4.78 is 5.37. The van der Waals surface area contributed by atoms with Crippen LogP contribution in [0.4, 0.5) is 4.79 Å². The summed E-state index contributed by atoms with van der Waals surface area (Å²) in [7, 11) is 0. The van der Waals surface area contributed by atoms with Crippen molar-refractivity contribution in [1.82, 2.24) is 15.8 Å². The van der Waals surface area contributed by atoms with E-state index in [1.165, 1.54) is 5.01 Å². The number of hydrogen-bond donors (Lipinski definition) is 2. The second kappa shape index (κ2) is 6.92. The summed E-state index contributed by atoms with van der Waals surface area (Å²) in [6.45, 7) is 10.9. The van der Waals surface area contributed by atoms with Crippen molar-refractivity contribution in [2.45, 2.75) is 59.1 Å². The summed E-state index contributed by atoms with van der Waals surface area (Å²) >= 11 is 0. The lowest BCUT2D eigenvalue weighted by Crippen LogP contribution is -2.51. The van der Waals surface area contributed by atoms with Gasteiger partial charge in [-0.3, -0.25) is 5.01 Å². The van der Waals surface area contributed by atoms with Crippen LogP contribution in [-0.2, 0) is 9.53 Å². The van der Waals surface area contributed by atoms with Gasteiger partial charge in [-0.05, 0) is 39.5 Å². The second-order valence-corrected chi connectivity index (χ2v) is 6.58. The van der Waals surface area contributed by atoms with Crippen molar-refractivity contribution in [2.24, 2.45) is 5.92 Å². The minimum Gasteiger partial charge on any atom is -0.458 e. The number of ether oxygens (including phenoxy) is 1. The quantitative estimate of drug-likeness (QED) is 0.771. The molecule has 2 amide bonds. The molecule has 2 N–H and O–H groups in total. The maximum absolute atomic E-state index is 12.2. The van der Waals surface area contributed by atoms with Gasteiger partial charge in [-0.15, -0.1) is 0 Å². The molecule has 0 aromatic heterocycles. The number of nitrogens with one attached hydrogen (secondary N) is 2. The highest BCUT2D eigenvalue weighted by atomic mass is 16.6. The van der Waals surface area contributed by atoms with E-state index in [1.54, 1.807) is 0 Å². The summed E-state index contributed by atoms with van der Waals surface area (Å²) in [5.74, 6) is -0.0851. The van der Waals surface area contributed by atoms with Gasteiger partial charge in [-0.1, -0.05) is 13.8 Å². The van der Waals surface area contributed by atoms with Crippen molar-refractivity contribution in [3.63, 3.8) is 0 Å². The van der Waals surface area contributed by atoms with E-state index < -0.39 is 11.6 Å². The summed E-state index contributed by atoms with van der Waals surface area (Å²) in [6, 6.07) is -0.872. The molecule has 1 saturated heterocycles. The molecule has 6 nitrogen and oxygen atoms in total. The Morgan fingerprint density at radius 1 is 1.35 bits per heavy atom. The Bertz CT molecular complexity index is 344. The largest absolute Gasteiger partial charge is 0.458 e. The topological polar surface area (TPSA) is 70.7 Å². The van der Waals surface area contributed by atoms with Gasteiger partial charge >= 0.3 is 12.0 Å². The molecule has 1 aliphatic rings. The third-order valence-corrected chi connectivity index (χ3v) is 2.80. The molecule has 1 fully saturated rings. The van der Waals surface area contributed by atoms with Crippen LogP contribution in [0.5, 0.6) is 0 Å². The molecule has 6 heteroatoms. The van der Waals surface area contributed by atoms with Gasteiger partial charge in [0.05, 0.1) is 0 Å². The molecule has 1 heterocycles. The Morgan fingerprint density at radius 2 is 2.00 bits per heavy atom. The number of carbonyl (C=O) groups excluding carboxylic acids is 2. The molecule has 20 heavy (non-hydrogen) atoms. The minimum atomic E-state index is -0.607. The van der Waals surface area contributed by atoms with Crippen molar-refractivity contribution in [2.75, 3.05) is 13.1 Å². The molecule has 1 aliphatic heterocycles. The standard InChI is InChI=1S/C14H27N3O3/c1-10(2)9-11(12(18)20-14(3,4)5)16-13(19)17-8-6-7-15-17/h10-11,15H,6-9H2,1-5H3,(H,16,19)/t11-/m0/s1. The first-order chi connectivity index (χ1) is 9.19. The number of esters is 1. The zero-order chi connectivity index (χ0) is 15.3. The van der Waals surface area contributed by atoms with E-state index in [0.29, 0.717) is 18.9 Å². The molecule has 1 atom stereocenters. The van der Waals surface area contributed by atoms with E-state index in [0.717, 1.165) is 13.0 Å². The van der Waals surface area contributed by atoms with Gasteiger partial charge in [0, 0.05) is 13.1 Å². The molecule has 0 unspecified atom stereocenters. The zero-order valence-electron chi connectivity index (χ0n) is 13.2. The molecule has 0 spiro atoms. The van der Waals surface area contributed by atoms with Crippen LogP contribution in [0, 0.1) is 5.92 Å². The van der Waals surface area contributed by atoms with Crippen molar-refractivity contribution in [3.8, 4) is 0 Å². The fraction of sp³-hybridized carbons (Fsp3) is 0.857. The van der Waals surface area contributed by atoms with Crippen molar-refractivity contribution in [1.29, 1.82) is 0 Å². The normalized spacial score (nSPS) is 17.2. The maximum atomic E-state index is 12.2. The number of amides is 2. The summed E-state index contributed by atoms with van der Waals surface area (Å²) in [5.41, 5.74) is 2.42. The van der Waals surface area contributed by atoms with Crippen LogP contribution in [0.25, 0.3) is 0 Å². The van der Waals surface area contributed by atoms with Crippen LogP contribution in [0.3, 0.4) is 0 Å². The van der Waals surface area contributed by atoms with Gasteiger partial charge in [0.15, 0.2) is 0 Å². The smallest absolute Gasteiger partial charge is 0.332 e. The van der Waals surface area contributed by atoms with Crippen LogP contribution < -0.4 is 10.7 Å². The molecular formula is C14H27N3O3. The summed E-state index contributed by atoms with van der Waals surface area (Å²) in [6.07, 6.45) is 1.49. The lowest BCUT2D eigenvalue weighted by molar-refractivity contribution is -0.157. The fourth-order valence-corrected chi connectivity index (χ4v) is 1.99. The highest BCUT2D eigenvalue weighted by Gasteiger charge is 2.29. The first-order valence-electron chi connectivity index (χ1n) is 7.23. The predicted octanol–water partition coefficient (Wildman–Crippen LogP) is 1.66. The van der Waals surface area contributed by atoms with Gasteiger partial charge in [0.25, 0.3) is 0 Å². The molecular weight excluding hydrogens is 258 g/mol. The van der Waals surface area contributed by atoms with Crippen LogP contribution in [-0.4, -0.2) is 41.7 Å². The van der Waals surface area contributed by atoms with E-state index in [1.807, 2.05) is 34.6 Å². The molecule has 0 bridgehead atoms. The predicted molar refractivity (Wildman–Crippen MR) is 76.9 cm³/mol. The van der Waals surface area contributed by atoms with Crippen LogP contribution in [0.2, 0.25) is 0 Å². The van der Waals surface area contributed by atoms with Crippen LogP contribution >= 0.6 is 0 Å². The number of urea groups is 1. The Hall–Kier alpha value is -1.30. The van der Waals surface area contributed by atoms with Crippen LogP contribution in [0.15, 0.2) is 0 Å². The van der Waals surface area contributed by atoms with Gasteiger partial charge < -0.3 is 10.1 Å². The van der Waals surface area contributed by atoms with Crippen molar-refractivity contribution in [3.05, 3.63) is 0 Å². The van der Waals surface area contributed by atoms with Crippen molar-refractivity contribution >= 4 is 12.0 Å². The van der Waals surface area contributed by atoms with Gasteiger partial charge in [0.2, 0.25) is 0 Å². The van der Waals surface area contributed by atoms with Gasteiger partial charge in [-0.2, -0.15) is 0 Å². The molecule has 0 saturated carbocycles. The molecule has 0 radical (unpaired) electrons. The lowest BCUT2D eigenvalue weighted by atomic mass is 10.0. The Balaban J connectivity index is 2.63. The molecule has 0 aromatic rings. The summed E-state index contributed by atoms with van der Waals surface area (Å²) in [4.78, 5) is 24.2. The van der Waals surface area contributed by atoms with E-state index >= 15 is 0 Å². The number of carbonyl (C=O) groups is 2. The number of hydrazine groups is 1. The minimum absolute atomic E-state index is 0.265. The van der Waals surface area contributed by atoms with Crippen molar-refractivity contribution < 1.29 is 14.3 Å². The number of hydrogen-bond acceptors (Lipinski definition) is 4. The van der Waals surface area contributed by atoms with E-state index in [2.05, 4.69) is 10.7 Å². The molecule has 0 aliphatic carbocycles. The Kier molecular flexibility index (Phi) is 5.80. The lowest BCUT2D eigenvalue weighted by Gasteiger charge is -2.27.